The van der Waals surface area contributed by atoms with Gasteiger partial charge in [-0.15, -0.1) is 14.8 Å². The molecule has 8 heteroatoms. The molecule has 1 aromatic carbocycles. The first-order chi connectivity index (χ1) is 12.1. The van der Waals surface area contributed by atoms with Crippen LogP contribution in [0.5, 0.6) is 0 Å². The molecule has 3 heterocycles. The Morgan fingerprint density at radius 2 is 2.00 bits per heavy atom. The Balaban J connectivity index is 1.54. The summed E-state index contributed by atoms with van der Waals surface area (Å²) in [5, 5.41) is 8.58. The summed E-state index contributed by atoms with van der Waals surface area (Å²) in [6.07, 6.45) is 0. The van der Waals surface area contributed by atoms with E-state index < -0.39 is 0 Å². The molecule has 0 bridgehead atoms. The van der Waals surface area contributed by atoms with Crippen LogP contribution in [0.2, 0.25) is 0 Å². The van der Waals surface area contributed by atoms with Crippen LogP contribution in [-0.2, 0) is 5.75 Å². The number of aromatic nitrogens is 4. The SMILES string of the molecule is Cc1cc2nc(CSc3nnc(-c4ccccc4C)o3)cc(=O)n2o1. The van der Waals surface area contributed by atoms with Gasteiger partial charge in [-0.3, -0.25) is 4.79 Å². The molecule has 0 fully saturated rings. The number of hydrogen-bond donors (Lipinski definition) is 0. The van der Waals surface area contributed by atoms with Gasteiger partial charge in [0, 0.05) is 23.4 Å². The molecule has 0 radical (unpaired) electrons. The lowest BCUT2D eigenvalue weighted by molar-refractivity contribution is 0.344. The Morgan fingerprint density at radius 1 is 1.16 bits per heavy atom. The fourth-order valence-electron chi connectivity index (χ4n) is 2.47. The van der Waals surface area contributed by atoms with Crippen molar-refractivity contribution in [3.8, 4) is 11.5 Å². The molecule has 0 saturated carbocycles. The molecule has 25 heavy (non-hydrogen) atoms. The number of rotatable bonds is 4. The van der Waals surface area contributed by atoms with Crippen LogP contribution in [0.3, 0.4) is 0 Å². The van der Waals surface area contributed by atoms with Crippen LogP contribution < -0.4 is 5.56 Å². The lowest BCUT2D eigenvalue weighted by Crippen LogP contribution is -2.12. The fraction of sp³-hybridized carbons (Fsp3) is 0.176. The molecular formula is C17H14N4O3S. The van der Waals surface area contributed by atoms with Crippen molar-refractivity contribution in [3.63, 3.8) is 0 Å². The number of fused-ring (bicyclic) bond motifs is 1. The highest BCUT2D eigenvalue weighted by molar-refractivity contribution is 7.98. The number of benzene rings is 1. The normalized spacial score (nSPS) is 11.3. The van der Waals surface area contributed by atoms with Gasteiger partial charge in [-0.25, -0.2) is 4.98 Å². The number of hydrogen-bond acceptors (Lipinski definition) is 7. The van der Waals surface area contributed by atoms with Crippen molar-refractivity contribution in [2.75, 3.05) is 0 Å². The van der Waals surface area contributed by atoms with Crippen molar-refractivity contribution in [2.24, 2.45) is 0 Å². The smallest absolute Gasteiger partial charge is 0.287 e. The summed E-state index contributed by atoms with van der Waals surface area (Å²) < 4.78 is 12.2. The molecule has 0 aliphatic rings. The Labute approximate surface area is 146 Å². The molecule has 7 nitrogen and oxygen atoms in total. The lowest BCUT2D eigenvalue weighted by atomic mass is 10.1. The van der Waals surface area contributed by atoms with E-state index in [9.17, 15) is 4.79 Å². The van der Waals surface area contributed by atoms with E-state index in [1.165, 1.54) is 22.4 Å². The Kier molecular flexibility index (Phi) is 3.89. The van der Waals surface area contributed by atoms with Crippen LogP contribution in [0, 0.1) is 13.8 Å². The molecule has 0 N–H and O–H groups in total. The van der Waals surface area contributed by atoms with Crippen LogP contribution in [0.1, 0.15) is 17.0 Å². The van der Waals surface area contributed by atoms with Gasteiger partial charge in [0.2, 0.25) is 5.89 Å². The summed E-state index contributed by atoms with van der Waals surface area (Å²) in [5.74, 6) is 1.56. The summed E-state index contributed by atoms with van der Waals surface area (Å²) >= 11 is 1.34. The first kappa shape index (κ1) is 15.6. The first-order valence-corrected chi connectivity index (χ1v) is 8.60. The molecular weight excluding hydrogens is 340 g/mol. The third-order valence-electron chi connectivity index (χ3n) is 3.65. The van der Waals surface area contributed by atoms with Crippen LogP contribution in [-0.4, -0.2) is 19.8 Å². The number of nitrogens with zero attached hydrogens (tertiary/aromatic N) is 4. The molecule has 4 aromatic rings. The summed E-state index contributed by atoms with van der Waals surface area (Å²) in [4.78, 5) is 16.4. The van der Waals surface area contributed by atoms with Gasteiger partial charge in [-0.2, -0.15) is 0 Å². The molecule has 0 aliphatic heterocycles. The van der Waals surface area contributed by atoms with Gasteiger partial charge in [0.25, 0.3) is 10.8 Å². The maximum absolute atomic E-state index is 12.0. The van der Waals surface area contributed by atoms with Crippen molar-refractivity contribution >= 4 is 17.4 Å². The maximum atomic E-state index is 12.0. The monoisotopic (exact) mass is 354 g/mol. The number of thioether (sulfide) groups is 1. The molecule has 0 spiro atoms. The van der Waals surface area contributed by atoms with Crippen LogP contribution >= 0.6 is 11.8 Å². The van der Waals surface area contributed by atoms with E-state index in [2.05, 4.69) is 15.2 Å². The highest BCUT2D eigenvalue weighted by Crippen LogP contribution is 2.26. The van der Waals surface area contributed by atoms with E-state index in [0.717, 1.165) is 11.1 Å². The van der Waals surface area contributed by atoms with Gasteiger partial charge in [0.05, 0.1) is 5.69 Å². The van der Waals surface area contributed by atoms with Crippen LogP contribution in [0.15, 0.2) is 55.4 Å². The topological polar surface area (TPSA) is 86.4 Å². The summed E-state index contributed by atoms with van der Waals surface area (Å²) in [6.45, 7) is 3.76. The second-order valence-electron chi connectivity index (χ2n) is 5.56. The van der Waals surface area contributed by atoms with Crippen molar-refractivity contribution in [1.29, 1.82) is 0 Å². The Hall–Kier alpha value is -2.87. The minimum absolute atomic E-state index is 0.250. The molecule has 0 atom stereocenters. The molecule has 3 aromatic heterocycles. The molecule has 0 amide bonds. The predicted molar refractivity (Wildman–Crippen MR) is 92.5 cm³/mol. The summed E-state index contributed by atoms with van der Waals surface area (Å²) in [5.41, 5.74) is 2.85. The quantitative estimate of drug-likeness (QED) is 0.520. The average Bonchev–Trinajstić information content (AvgIpc) is 3.19. The van der Waals surface area contributed by atoms with Gasteiger partial charge in [0.15, 0.2) is 5.65 Å². The van der Waals surface area contributed by atoms with Crippen molar-refractivity contribution in [2.45, 2.75) is 24.8 Å². The van der Waals surface area contributed by atoms with E-state index in [1.54, 1.807) is 13.0 Å². The highest BCUT2D eigenvalue weighted by atomic mass is 32.2. The first-order valence-electron chi connectivity index (χ1n) is 7.62. The van der Waals surface area contributed by atoms with Crippen LogP contribution in [0.25, 0.3) is 17.1 Å². The third-order valence-corrected chi connectivity index (χ3v) is 4.50. The fourth-order valence-corrected chi connectivity index (χ4v) is 3.13. The minimum atomic E-state index is -0.250. The van der Waals surface area contributed by atoms with Gasteiger partial charge in [-0.05, 0) is 25.5 Å². The van der Waals surface area contributed by atoms with E-state index in [0.29, 0.717) is 34.0 Å². The zero-order valence-electron chi connectivity index (χ0n) is 13.6. The van der Waals surface area contributed by atoms with Gasteiger partial charge >= 0.3 is 0 Å². The van der Waals surface area contributed by atoms with Gasteiger partial charge in [-0.1, -0.05) is 30.0 Å². The molecule has 4 rings (SSSR count). The largest absolute Gasteiger partial charge is 0.411 e. The second-order valence-corrected chi connectivity index (χ2v) is 6.49. The second kappa shape index (κ2) is 6.21. The average molecular weight is 354 g/mol. The van der Waals surface area contributed by atoms with Gasteiger partial charge < -0.3 is 8.94 Å². The molecule has 0 saturated heterocycles. The summed E-state index contributed by atoms with van der Waals surface area (Å²) in [6, 6.07) is 11.0. The zero-order chi connectivity index (χ0) is 17.4. The summed E-state index contributed by atoms with van der Waals surface area (Å²) in [7, 11) is 0. The van der Waals surface area contributed by atoms with Crippen molar-refractivity contribution < 1.29 is 8.94 Å². The lowest BCUT2D eigenvalue weighted by Gasteiger charge is -1.99. The molecule has 0 unspecified atom stereocenters. The van der Waals surface area contributed by atoms with Gasteiger partial charge in [0.1, 0.15) is 5.76 Å². The standard InChI is InChI=1S/C17H14N4O3S/c1-10-5-3-4-6-13(10)16-19-20-17(23-16)25-9-12-8-15(22)21-14(18-12)7-11(2)24-21/h3-8H,9H2,1-2H3. The van der Waals surface area contributed by atoms with Crippen molar-refractivity contribution in [1.82, 2.24) is 19.8 Å². The highest BCUT2D eigenvalue weighted by Gasteiger charge is 2.12. The Bertz CT molecular complexity index is 1110. The maximum Gasteiger partial charge on any atom is 0.287 e. The van der Waals surface area contributed by atoms with Crippen molar-refractivity contribution in [3.05, 3.63) is 63.8 Å². The van der Waals surface area contributed by atoms with E-state index in [4.69, 9.17) is 8.94 Å². The van der Waals surface area contributed by atoms with E-state index in [1.807, 2.05) is 31.2 Å². The third kappa shape index (κ3) is 3.08. The van der Waals surface area contributed by atoms with E-state index in [-0.39, 0.29) is 5.56 Å². The predicted octanol–water partition coefficient (Wildman–Crippen LogP) is 3.25. The molecule has 126 valence electrons. The zero-order valence-corrected chi connectivity index (χ0v) is 14.4. The minimum Gasteiger partial charge on any atom is -0.411 e. The Morgan fingerprint density at radius 3 is 2.84 bits per heavy atom. The van der Waals surface area contributed by atoms with E-state index >= 15 is 0 Å². The molecule has 0 aliphatic carbocycles. The number of aryl methyl sites for hydroxylation is 2. The van der Waals surface area contributed by atoms with Crippen LogP contribution in [0.4, 0.5) is 0 Å².